The molecule has 32 heavy (non-hydrogen) atoms. The van der Waals surface area contributed by atoms with Crippen molar-refractivity contribution in [3.8, 4) is 0 Å². The number of carbonyl (C=O) groups excluding carboxylic acids is 2. The fourth-order valence-electron chi connectivity index (χ4n) is 2.85. The Morgan fingerprint density at radius 3 is 2.69 bits per heavy atom. The highest BCUT2D eigenvalue weighted by Gasteiger charge is 2.24. The maximum Gasteiger partial charge on any atom is 0.412 e. The van der Waals surface area contributed by atoms with E-state index >= 15 is 0 Å². The van der Waals surface area contributed by atoms with Gasteiger partial charge >= 0.3 is 6.09 Å². The number of pyridine rings is 1. The molecule has 2 aromatic rings. The molecule has 0 aliphatic rings. The van der Waals surface area contributed by atoms with Gasteiger partial charge in [-0.15, -0.1) is 0 Å². The number of aryl methyl sites for hydroxylation is 1. The molecule has 0 spiro atoms. The molecule has 2 amide bonds. The van der Waals surface area contributed by atoms with E-state index < -0.39 is 30.7 Å². The number of aliphatic hydroxyl groups is 2. The van der Waals surface area contributed by atoms with Crippen LogP contribution in [0.1, 0.15) is 18.4 Å². The summed E-state index contributed by atoms with van der Waals surface area (Å²) in [4.78, 5) is 30.0. The van der Waals surface area contributed by atoms with Crippen molar-refractivity contribution in [1.29, 1.82) is 0 Å². The van der Waals surface area contributed by atoms with Crippen LogP contribution in [0.3, 0.4) is 0 Å². The summed E-state index contributed by atoms with van der Waals surface area (Å²) < 4.78 is 18.8. The van der Waals surface area contributed by atoms with Crippen LogP contribution in [0.5, 0.6) is 0 Å². The molecule has 174 valence electrons. The van der Waals surface area contributed by atoms with Crippen LogP contribution in [0.2, 0.25) is 10.0 Å². The molecule has 0 saturated carbocycles. The zero-order valence-corrected chi connectivity index (χ0v) is 18.8. The lowest BCUT2D eigenvalue weighted by molar-refractivity contribution is -0.133. The predicted molar refractivity (Wildman–Crippen MR) is 118 cm³/mol. The molecule has 2 atom stereocenters. The molecule has 0 radical (unpaired) electrons. The van der Waals surface area contributed by atoms with Crippen LogP contribution in [-0.2, 0) is 16.0 Å². The van der Waals surface area contributed by atoms with E-state index in [0.29, 0.717) is 10.6 Å². The van der Waals surface area contributed by atoms with E-state index in [1.165, 1.54) is 36.3 Å². The van der Waals surface area contributed by atoms with E-state index in [1.54, 1.807) is 12.1 Å². The van der Waals surface area contributed by atoms with Gasteiger partial charge in [0.15, 0.2) is 0 Å². The number of aromatic nitrogens is 1. The van der Waals surface area contributed by atoms with E-state index in [4.69, 9.17) is 33.0 Å². The summed E-state index contributed by atoms with van der Waals surface area (Å²) in [5.74, 6) is -0.671. The van der Waals surface area contributed by atoms with Crippen molar-refractivity contribution in [2.75, 3.05) is 25.6 Å². The molecule has 1 unspecified atom stereocenters. The Hall–Kier alpha value is -2.46. The Labute approximate surface area is 194 Å². The minimum Gasteiger partial charge on any atom is -0.447 e. The Morgan fingerprint density at radius 2 is 2.03 bits per heavy atom. The highest BCUT2D eigenvalue weighted by Crippen LogP contribution is 2.21. The number of nitrogens with one attached hydrogen (secondary N) is 1. The van der Waals surface area contributed by atoms with Gasteiger partial charge in [-0.25, -0.2) is 14.2 Å². The van der Waals surface area contributed by atoms with Gasteiger partial charge in [-0.05, 0) is 36.6 Å². The second-order valence-electron chi connectivity index (χ2n) is 7.03. The van der Waals surface area contributed by atoms with Gasteiger partial charge in [-0.3, -0.25) is 10.1 Å². The van der Waals surface area contributed by atoms with Crippen LogP contribution in [0.15, 0.2) is 36.5 Å². The molecule has 0 fully saturated rings. The smallest absolute Gasteiger partial charge is 0.412 e. The maximum absolute atomic E-state index is 13.6. The largest absolute Gasteiger partial charge is 0.447 e. The Balaban J connectivity index is 1.96. The van der Waals surface area contributed by atoms with E-state index in [1.807, 2.05) is 0 Å². The number of amides is 2. The van der Waals surface area contributed by atoms with Gasteiger partial charge in [0.25, 0.3) is 0 Å². The minimum atomic E-state index is -1.11. The van der Waals surface area contributed by atoms with Crippen LogP contribution in [-0.4, -0.2) is 64.5 Å². The summed E-state index contributed by atoms with van der Waals surface area (Å²) in [6.45, 7) is -0.752. The second-order valence-corrected chi connectivity index (χ2v) is 7.84. The van der Waals surface area contributed by atoms with Crippen molar-refractivity contribution in [3.63, 3.8) is 0 Å². The van der Waals surface area contributed by atoms with Gasteiger partial charge < -0.3 is 19.8 Å². The molecular weight excluding hydrogens is 464 g/mol. The van der Waals surface area contributed by atoms with Crippen molar-refractivity contribution >= 4 is 41.0 Å². The summed E-state index contributed by atoms with van der Waals surface area (Å²) in [5, 5.41) is 21.8. The average Bonchev–Trinajstić information content (AvgIpc) is 2.78. The van der Waals surface area contributed by atoms with Crippen LogP contribution in [0.25, 0.3) is 0 Å². The standard InChI is InChI=1S/C21H24Cl2FN3O5/c1-27(19(30)8-5-13-3-2-4-17(24)20(13)23)15(9-16(29)11-28)12-32-21(31)26-18-7-6-14(22)10-25-18/h2-4,6-7,10,15-16,28-29H,5,8-9,11-12H2,1H3,(H,25,26,31)/t15-,16?/m0/s1. The van der Waals surface area contributed by atoms with Crippen molar-refractivity contribution in [2.45, 2.75) is 31.4 Å². The zero-order chi connectivity index (χ0) is 23.7. The number of aliphatic hydroxyl groups excluding tert-OH is 2. The molecule has 1 aromatic carbocycles. The van der Waals surface area contributed by atoms with Crippen LogP contribution < -0.4 is 5.32 Å². The Bertz CT molecular complexity index is 917. The van der Waals surface area contributed by atoms with Gasteiger partial charge in [0.2, 0.25) is 5.91 Å². The summed E-state index contributed by atoms with van der Waals surface area (Å²) in [7, 11) is 1.49. The molecule has 3 N–H and O–H groups in total. The number of anilines is 1. The summed E-state index contributed by atoms with van der Waals surface area (Å²) in [6.07, 6.45) is -0.362. The first-order valence-electron chi connectivity index (χ1n) is 9.74. The first-order chi connectivity index (χ1) is 15.2. The first kappa shape index (κ1) is 25.8. The highest BCUT2D eigenvalue weighted by atomic mass is 35.5. The van der Waals surface area contributed by atoms with Crippen molar-refractivity contribution < 1.29 is 28.9 Å². The molecule has 0 saturated heterocycles. The van der Waals surface area contributed by atoms with Gasteiger partial charge in [0, 0.05) is 19.7 Å². The number of halogens is 3. The minimum absolute atomic E-state index is 0.0201. The van der Waals surface area contributed by atoms with Crippen molar-refractivity contribution in [2.24, 2.45) is 0 Å². The number of rotatable bonds is 10. The zero-order valence-electron chi connectivity index (χ0n) is 17.3. The summed E-state index contributed by atoms with van der Waals surface area (Å²) in [5.41, 5.74) is 0.492. The molecule has 1 aromatic heterocycles. The molecule has 11 heteroatoms. The van der Waals surface area contributed by atoms with Crippen LogP contribution in [0, 0.1) is 5.82 Å². The quantitative estimate of drug-likeness (QED) is 0.474. The predicted octanol–water partition coefficient (Wildman–Crippen LogP) is 3.28. The fourth-order valence-corrected chi connectivity index (χ4v) is 3.18. The van der Waals surface area contributed by atoms with Crippen LogP contribution >= 0.6 is 23.2 Å². The van der Waals surface area contributed by atoms with Crippen molar-refractivity contribution in [3.05, 3.63) is 58.0 Å². The third-order valence-electron chi connectivity index (χ3n) is 4.70. The molecular formula is C21H24Cl2FN3O5. The number of ether oxygens (including phenoxy) is 1. The molecule has 0 aliphatic carbocycles. The lowest BCUT2D eigenvalue weighted by Crippen LogP contribution is -2.43. The number of hydrogen-bond acceptors (Lipinski definition) is 6. The van der Waals surface area contributed by atoms with Gasteiger partial charge in [-0.1, -0.05) is 35.3 Å². The lowest BCUT2D eigenvalue weighted by atomic mass is 10.1. The number of benzene rings is 1. The number of hydrogen-bond donors (Lipinski definition) is 3. The number of likely N-dealkylation sites (N-methyl/N-ethyl adjacent to an activating group) is 1. The van der Waals surface area contributed by atoms with Crippen LogP contribution in [0.4, 0.5) is 15.0 Å². The van der Waals surface area contributed by atoms with Gasteiger partial charge in [0.05, 0.1) is 28.8 Å². The third kappa shape index (κ3) is 7.90. The molecule has 1 heterocycles. The number of carbonyl (C=O) groups is 2. The monoisotopic (exact) mass is 487 g/mol. The van der Waals surface area contributed by atoms with Crippen molar-refractivity contribution in [1.82, 2.24) is 9.88 Å². The lowest BCUT2D eigenvalue weighted by Gasteiger charge is -2.29. The second kappa shape index (κ2) is 12.5. The average molecular weight is 488 g/mol. The molecule has 0 bridgehead atoms. The normalized spacial score (nSPS) is 12.7. The van der Waals surface area contributed by atoms with E-state index in [2.05, 4.69) is 10.3 Å². The highest BCUT2D eigenvalue weighted by molar-refractivity contribution is 6.31. The topological polar surface area (TPSA) is 112 Å². The maximum atomic E-state index is 13.6. The van der Waals surface area contributed by atoms with E-state index in [9.17, 15) is 19.1 Å². The van der Waals surface area contributed by atoms with Gasteiger partial charge in [-0.2, -0.15) is 0 Å². The van der Waals surface area contributed by atoms with Gasteiger partial charge in [0.1, 0.15) is 18.2 Å². The fraction of sp³-hybridized carbons (Fsp3) is 0.381. The Morgan fingerprint density at radius 1 is 1.28 bits per heavy atom. The first-order valence-corrected chi connectivity index (χ1v) is 10.5. The summed E-state index contributed by atoms with van der Waals surface area (Å²) >= 11 is 11.7. The van der Waals surface area contributed by atoms with E-state index in [0.717, 1.165) is 0 Å². The van der Waals surface area contributed by atoms with E-state index in [-0.39, 0.29) is 42.6 Å². The molecule has 0 aliphatic heterocycles. The molecule has 2 rings (SSSR count). The third-order valence-corrected chi connectivity index (χ3v) is 5.35. The molecule has 8 nitrogen and oxygen atoms in total. The SMILES string of the molecule is CN(C(=O)CCc1cccc(F)c1Cl)[C@H](COC(=O)Nc1ccc(Cl)cn1)CC(O)CO. The number of nitrogens with zero attached hydrogens (tertiary/aromatic N) is 2. The Kier molecular flexibility index (Phi) is 10.1. The summed E-state index contributed by atoms with van der Waals surface area (Å²) in [6, 6.07) is 6.69.